The van der Waals surface area contributed by atoms with E-state index < -0.39 is 25.2 Å². The summed E-state index contributed by atoms with van der Waals surface area (Å²) in [6.07, 6.45) is 15.9. The summed E-state index contributed by atoms with van der Waals surface area (Å²) >= 11 is 0. The van der Waals surface area contributed by atoms with Gasteiger partial charge in [-0.25, -0.2) is 0 Å². The fourth-order valence-electron chi connectivity index (χ4n) is 3.18. The molecule has 6 nitrogen and oxygen atoms in total. The normalized spacial score (nSPS) is 15.2. The molecular weight excluding hydrogens is 377 g/mol. The van der Waals surface area contributed by atoms with Crippen molar-refractivity contribution in [1.29, 1.82) is 0 Å². The van der Waals surface area contributed by atoms with E-state index in [1.807, 2.05) is 0 Å². The molecule has 0 aromatic heterocycles. The summed E-state index contributed by atoms with van der Waals surface area (Å²) in [5.74, 6) is -2.17. The quantitative estimate of drug-likeness (QED) is 0.171. The third kappa shape index (κ3) is 12.9. The minimum Gasteiger partial charge on any atom is -0.395 e. The molecule has 0 saturated carbocycles. The number of Topliss-reactive ketones (excluding diaryl/α,β-unsaturated/α-hetero) is 1. The van der Waals surface area contributed by atoms with Gasteiger partial charge in [-0.2, -0.15) is 0 Å². The molecule has 0 aromatic carbocycles. The predicted octanol–water partition coefficient (Wildman–Crippen LogP) is 4.43. The van der Waals surface area contributed by atoms with Crippen LogP contribution in [-0.4, -0.2) is 45.7 Å². The van der Waals surface area contributed by atoms with Gasteiger partial charge < -0.3 is 15.3 Å². The van der Waals surface area contributed by atoms with Crippen LogP contribution in [0.25, 0.3) is 0 Å². The maximum absolute atomic E-state index is 12.2. The maximum Gasteiger partial charge on any atom is 0.467 e. The number of hydrogen-bond acceptors (Lipinski definition) is 5. The summed E-state index contributed by atoms with van der Waals surface area (Å²) in [6.45, 7) is 3.25. The average molecular weight is 421 g/mol. The number of hydrogen-bond donors (Lipinski definition) is 4. The number of ketones is 1. The van der Waals surface area contributed by atoms with E-state index in [1.165, 1.54) is 71.1 Å². The summed E-state index contributed by atoms with van der Waals surface area (Å²) < 4.78 is 11.8. The number of aliphatic hydroxyl groups is 3. The first kappa shape index (κ1) is 27.6. The molecule has 0 aromatic rings. The van der Waals surface area contributed by atoms with Crippen molar-refractivity contribution in [3.8, 4) is 0 Å². The highest BCUT2D eigenvalue weighted by Gasteiger charge is 2.49. The summed E-state index contributed by atoms with van der Waals surface area (Å²) in [4.78, 5) is 12.2. The molecule has 0 aliphatic carbocycles. The van der Waals surface area contributed by atoms with Gasteiger partial charge in [-0.3, -0.25) is 4.79 Å². The van der Waals surface area contributed by atoms with Crippen molar-refractivity contribution < 1.29 is 24.7 Å². The zero-order valence-corrected chi connectivity index (χ0v) is 18.9. The molecule has 0 heterocycles. The number of carbonyl (C=O) groups is 1. The van der Waals surface area contributed by atoms with Gasteiger partial charge in [0.05, 0.1) is 13.2 Å². The Morgan fingerprint density at radius 2 is 1.36 bits per heavy atom. The van der Waals surface area contributed by atoms with Gasteiger partial charge in [-0.15, -0.1) is 5.09 Å². The molecule has 3 atom stereocenters. The van der Waals surface area contributed by atoms with E-state index in [9.17, 15) is 19.6 Å². The molecule has 0 radical (unpaired) electrons. The lowest BCUT2D eigenvalue weighted by Crippen LogP contribution is -2.46. The SMILES string of the molecule is CCCCCCCCCCCCCCCC(=O)C(C)(O)C(O)[P+](=O)NCCO. The molecule has 7 heteroatoms. The standard InChI is InChI=1S/C21H43NO5P/c1-3-4-5-6-7-8-9-10-11-12-13-14-15-16-19(24)21(2,26)20(25)28(27)22-17-18-23/h20,23,25-26H,3-18H2,1-2H3,(H,22,27)/q+1. The molecule has 0 fully saturated rings. The summed E-state index contributed by atoms with van der Waals surface area (Å²) in [6, 6.07) is 0. The van der Waals surface area contributed by atoms with Crippen LogP contribution in [0.15, 0.2) is 0 Å². The van der Waals surface area contributed by atoms with Crippen molar-refractivity contribution >= 4 is 13.7 Å². The Bertz CT molecular complexity index is 418. The predicted molar refractivity (Wildman–Crippen MR) is 115 cm³/mol. The van der Waals surface area contributed by atoms with Crippen LogP contribution in [0.2, 0.25) is 0 Å². The highest BCUT2D eigenvalue weighted by molar-refractivity contribution is 7.43. The molecule has 0 aliphatic heterocycles. The van der Waals surface area contributed by atoms with Crippen LogP contribution in [0.1, 0.15) is 104 Å². The van der Waals surface area contributed by atoms with Crippen LogP contribution in [0.4, 0.5) is 0 Å². The van der Waals surface area contributed by atoms with Crippen molar-refractivity contribution in [2.75, 3.05) is 13.2 Å². The molecule has 0 amide bonds. The first-order valence-electron chi connectivity index (χ1n) is 11.1. The second-order valence-electron chi connectivity index (χ2n) is 7.89. The Morgan fingerprint density at radius 1 is 0.929 bits per heavy atom. The third-order valence-electron chi connectivity index (χ3n) is 5.18. The van der Waals surface area contributed by atoms with Gasteiger partial charge in [0.25, 0.3) is 0 Å². The molecule has 0 rings (SSSR count). The molecule has 4 N–H and O–H groups in total. The van der Waals surface area contributed by atoms with E-state index in [0.717, 1.165) is 12.8 Å². The fraction of sp³-hybridized carbons (Fsp3) is 0.952. The van der Waals surface area contributed by atoms with E-state index >= 15 is 0 Å². The van der Waals surface area contributed by atoms with Crippen molar-refractivity contribution in [2.45, 2.75) is 115 Å². The number of unbranched alkanes of at least 4 members (excludes halogenated alkanes) is 12. The van der Waals surface area contributed by atoms with Gasteiger partial charge in [-0.05, 0) is 17.9 Å². The highest BCUT2D eigenvalue weighted by Crippen LogP contribution is 2.31. The lowest BCUT2D eigenvalue weighted by atomic mass is 9.96. The van der Waals surface area contributed by atoms with Gasteiger partial charge in [0.15, 0.2) is 11.4 Å². The summed E-state index contributed by atoms with van der Waals surface area (Å²) in [5.41, 5.74) is -2.03. The van der Waals surface area contributed by atoms with E-state index in [-0.39, 0.29) is 19.6 Å². The molecular formula is C21H43NO5P+. The largest absolute Gasteiger partial charge is 0.467 e. The number of rotatable bonds is 20. The lowest BCUT2D eigenvalue weighted by Gasteiger charge is -2.20. The molecule has 166 valence electrons. The van der Waals surface area contributed by atoms with Crippen LogP contribution in [0, 0.1) is 0 Å². The van der Waals surface area contributed by atoms with Crippen LogP contribution < -0.4 is 5.09 Å². The second kappa shape index (κ2) is 17.5. The first-order chi connectivity index (χ1) is 13.4. The number of aliphatic hydroxyl groups excluding tert-OH is 2. The highest BCUT2D eigenvalue weighted by atomic mass is 31.1. The molecule has 3 unspecified atom stereocenters. The van der Waals surface area contributed by atoms with Crippen LogP contribution in [0.3, 0.4) is 0 Å². The van der Waals surface area contributed by atoms with E-state index in [0.29, 0.717) is 6.42 Å². The Hall–Kier alpha value is -0.390. The third-order valence-corrected chi connectivity index (χ3v) is 6.66. The number of carbonyl (C=O) groups excluding carboxylic acids is 1. The van der Waals surface area contributed by atoms with Crippen LogP contribution in [-0.2, 0) is 9.36 Å². The van der Waals surface area contributed by atoms with Crippen molar-refractivity contribution in [3.05, 3.63) is 0 Å². The van der Waals surface area contributed by atoms with E-state index in [1.54, 1.807) is 0 Å². The molecule has 28 heavy (non-hydrogen) atoms. The molecule has 0 saturated heterocycles. The Morgan fingerprint density at radius 3 is 1.79 bits per heavy atom. The Labute approximate surface area is 172 Å². The molecule has 0 spiro atoms. The average Bonchev–Trinajstić information content (AvgIpc) is 2.68. The first-order valence-corrected chi connectivity index (χ1v) is 12.4. The van der Waals surface area contributed by atoms with Crippen molar-refractivity contribution in [3.63, 3.8) is 0 Å². The van der Waals surface area contributed by atoms with E-state index in [2.05, 4.69) is 12.0 Å². The van der Waals surface area contributed by atoms with Gasteiger partial charge >= 0.3 is 13.8 Å². The molecule has 0 aliphatic rings. The summed E-state index contributed by atoms with van der Waals surface area (Å²) in [5, 5.41) is 31.3. The van der Waals surface area contributed by atoms with Gasteiger partial charge in [0.1, 0.15) is 0 Å². The van der Waals surface area contributed by atoms with Gasteiger partial charge in [0, 0.05) is 6.42 Å². The smallest absolute Gasteiger partial charge is 0.395 e. The van der Waals surface area contributed by atoms with Crippen molar-refractivity contribution in [2.24, 2.45) is 0 Å². The molecule has 0 bridgehead atoms. The topological polar surface area (TPSA) is 107 Å². The zero-order chi connectivity index (χ0) is 21.3. The number of nitrogens with one attached hydrogen (secondary N) is 1. The van der Waals surface area contributed by atoms with Crippen LogP contribution in [0.5, 0.6) is 0 Å². The minimum atomic E-state index is -2.38. The van der Waals surface area contributed by atoms with E-state index in [4.69, 9.17) is 5.11 Å². The minimum absolute atomic E-state index is 0.0371. The van der Waals surface area contributed by atoms with Gasteiger partial charge in [0.2, 0.25) is 0 Å². The second-order valence-corrected chi connectivity index (χ2v) is 9.35. The van der Waals surface area contributed by atoms with Gasteiger partial charge in [-0.1, -0.05) is 84.0 Å². The summed E-state index contributed by atoms with van der Waals surface area (Å²) in [7, 11) is -2.38. The Balaban J connectivity index is 3.71. The fourth-order valence-corrected chi connectivity index (χ4v) is 4.27. The monoisotopic (exact) mass is 420 g/mol. The lowest BCUT2D eigenvalue weighted by molar-refractivity contribution is -0.142. The van der Waals surface area contributed by atoms with Crippen LogP contribution >= 0.6 is 7.95 Å². The van der Waals surface area contributed by atoms with Crippen molar-refractivity contribution in [1.82, 2.24) is 5.09 Å². The Kier molecular flexibility index (Phi) is 17.2. The maximum atomic E-state index is 12.2. The zero-order valence-electron chi connectivity index (χ0n) is 18.0.